The minimum absolute atomic E-state index is 1.03. The van der Waals surface area contributed by atoms with Gasteiger partial charge in [0.05, 0.1) is 5.69 Å². The summed E-state index contributed by atoms with van der Waals surface area (Å²) in [6, 6.07) is 2.04. The van der Waals surface area contributed by atoms with Crippen LogP contribution in [0.1, 0.15) is 12.6 Å². The van der Waals surface area contributed by atoms with Crippen molar-refractivity contribution in [3.05, 3.63) is 17.2 Å². The summed E-state index contributed by atoms with van der Waals surface area (Å²) in [7, 11) is 1.90. The Morgan fingerprint density at radius 2 is 2.58 bits per heavy atom. The van der Waals surface area contributed by atoms with Crippen molar-refractivity contribution in [1.29, 1.82) is 0 Å². The van der Waals surface area contributed by atoms with Crippen molar-refractivity contribution in [2.24, 2.45) is 0 Å². The molecular formula is C8H12N2S2. The number of anilines is 1. The van der Waals surface area contributed by atoms with E-state index >= 15 is 0 Å². The van der Waals surface area contributed by atoms with Gasteiger partial charge in [-0.05, 0) is 34.8 Å². The van der Waals surface area contributed by atoms with E-state index < -0.39 is 0 Å². The van der Waals surface area contributed by atoms with Crippen molar-refractivity contribution in [1.82, 2.24) is 4.37 Å². The monoisotopic (exact) mass is 200 g/mol. The Hall–Kier alpha value is -0.480. The highest BCUT2D eigenvalue weighted by Crippen LogP contribution is 2.17. The summed E-state index contributed by atoms with van der Waals surface area (Å²) in [6.07, 6.45) is 2.03. The minimum Gasteiger partial charge on any atom is -0.379 e. The van der Waals surface area contributed by atoms with Gasteiger partial charge in [-0.3, -0.25) is 0 Å². The van der Waals surface area contributed by atoms with Gasteiger partial charge in [0.1, 0.15) is 5.00 Å². The van der Waals surface area contributed by atoms with Gasteiger partial charge < -0.3 is 5.32 Å². The summed E-state index contributed by atoms with van der Waals surface area (Å²) in [6.45, 7) is 2.13. The third kappa shape index (κ3) is 2.87. The molecule has 0 atom stereocenters. The third-order valence-corrected chi connectivity index (χ3v) is 2.76. The first-order valence-electron chi connectivity index (χ1n) is 3.79. The van der Waals surface area contributed by atoms with E-state index in [9.17, 15) is 0 Å². The molecule has 0 spiro atoms. The Labute approximate surface area is 81.2 Å². The lowest BCUT2D eigenvalue weighted by Gasteiger charge is -1.86. The van der Waals surface area contributed by atoms with E-state index in [-0.39, 0.29) is 0 Å². The van der Waals surface area contributed by atoms with Crippen LogP contribution in [0.2, 0.25) is 0 Å². The quantitative estimate of drug-likeness (QED) is 0.809. The molecule has 0 bridgehead atoms. The van der Waals surface area contributed by atoms with E-state index in [1.54, 1.807) is 11.8 Å². The van der Waals surface area contributed by atoms with Gasteiger partial charge >= 0.3 is 0 Å². The molecule has 1 rings (SSSR count). The molecule has 0 aliphatic heterocycles. The highest BCUT2D eigenvalue weighted by molar-refractivity contribution is 8.02. The molecule has 0 saturated heterocycles. The molecule has 1 heterocycles. The Morgan fingerprint density at radius 1 is 1.75 bits per heavy atom. The normalized spacial score (nSPS) is 10.8. The minimum atomic E-state index is 1.03. The van der Waals surface area contributed by atoms with Crippen molar-refractivity contribution < 1.29 is 0 Å². The number of nitrogens with one attached hydrogen (secondary N) is 1. The van der Waals surface area contributed by atoms with Crippen LogP contribution >= 0.6 is 23.3 Å². The summed E-state index contributed by atoms with van der Waals surface area (Å²) in [4.78, 5) is 0. The number of hydrogen-bond acceptors (Lipinski definition) is 4. The summed E-state index contributed by atoms with van der Waals surface area (Å²) < 4.78 is 4.24. The Bertz CT molecular complexity index is 255. The van der Waals surface area contributed by atoms with Crippen LogP contribution in [-0.2, 0) is 0 Å². The molecule has 1 aromatic heterocycles. The van der Waals surface area contributed by atoms with Gasteiger partial charge in [-0.25, -0.2) is 0 Å². The first-order valence-corrected chi connectivity index (χ1v) is 5.61. The van der Waals surface area contributed by atoms with Gasteiger partial charge in [-0.15, -0.1) is 11.8 Å². The highest BCUT2D eigenvalue weighted by Gasteiger charge is 1.94. The van der Waals surface area contributed by atoms with Crippen LogP contribution in [0, 0.1) is 0 Å². The fourth-order valence-corrected chi connectivity index (χ4v) is 1.71. The van der Waals surface area contributed by atoms with E-state index in [2.05, 4.69) is 22.0 Å². The zero-order chi connectivity index (χ0) is 8.81. The number of rotatable bonds is 4. The fraction of sp³-hybridized carbons (Fsp3) is 0.375. The maximum atomic E-state index is 4.24. The Balaban J connectivity index is 2.51. The smallest absolute Gasteiger partial charge is 0.109 e. The van der Waals surface area contributed by atoms with Gasteiger partial charge in [0.25, 0.3) is 0 Å². The molecule has 12 heavy (non-hydrogen) atoms. The highest BCUT2D eigenvalue weighted by atomic mass is 32.2. The number of nitrogens with zero attached hydrogens (tertiary/aromatic N) is 1. The zero-order valence-electron chi connectivity index (χ0n) is 7.20. The average Bonchev–Trinajstić information content (AvgIpc) is 2.53. The molecule has 1 aromatic rings. The van der Waals surface area contributed by atoms with Crippen molar-refractivity contribution in [3.63, 3.8) is 0 Å². The van der Waals surface area contributed by atoms with Crippen LogP contribution in [0.3, 0.4) is 0 Å². The number of thioether (sulfide) groups is 1. The standard InChI is InChI=1S/C8H12N2S2/c1-3-11-5-4-7-6-8(9-2)12-10-7/h4-6,9H,3H2,1-2H3/b5-4+. The largest absolute Gasteiger partial charge is 0.379 e. The topological polar surface area (TPSA) is 24.9 Å². The summed E-state index contributed by atoms with van der Waals surface area (Å²) in [5.41, 5.74) is 1.03. The zero-order valence-corrected chi connectivity index (χ0v) is 8.84. The Morgan fingerprint density at radius 3 is 3.17 bits per heavy atom. The second kappa shape index (κ2) is 5.22. The fourth-order valence-electron chi connectivity index (χ4n) is 0.699. The first kappa shape index (κ1) is 9.61. The van der Waals surface area contributed by atoms with E-state index in [1.807, 2.05) is 19.2 Å². The molecule has 0 aliphatic rings. The van der Waals surface area contributed by atoms with E-state index in [0.717, 1.165) is 16.4 Å². The second-order valence-corrected chi connectivity index (χ2v) is 4.11. The molecule has 0 fully saturated rings. The lowest BCUT2D eigenvalue weighted by Crippen LogP contribution is -1.80. The third-order valence-electron chi connectivity index (χ3n) is 1.28. The molecule has 0 saturated carbocycles. The molecule has 2 nitrogen and oxygen atoms in total. The van der Waals surface area contributed by atoms with Gasteiger partial charge in [-0.2, -0.15) is 4.37 Å². The SMILES string of the molecule is CCS/C=C/c1cc(NC)sn1. The summed E-state index contributed by atoms with van der Waals surface area (Å²) in [5, 5.41) is 6.24. The lowest BCUT2D eigenvalue weighted by atomic mass is 10.4. The molecule has 66 valence electrons. The molecule has 0 radical (unpaired) electrons. The van der Waals surface area contributed by atoms with Crippen LogP contribution in [0.5, 0.6) is 0 Å². The number of hydrogen-bond donors (Lipinski definition) is 1. The lowest BCUT2D eigenvalue weighted by molar-refractivity contribution is 1.51. The van der Waals surface area contributed by atoms with Gasteiger partial charge in [0, 0.05) is 7.05 Å². The molecule has 0 unspecified atom stereocenters. The van der Waals surface area contributed by atoms with E-state index in [4.69, 9.17) is 0 Å². The van der Waals surface area contributed by atoms with Crippen molar-refractivity contribution >= 4 is 34.4 Å². The van der Waals surface area contributed by atoms with Crippen LogP contribution in [0.4, 0.5) is 5.00 Å². The van der Waals surface area contributed by atoms with Crippen molar-refractivity contribution in [2.45, 2.75) is 6.92 Å². The first-order chi connectivity index (χ1) is 5.86. The van der Waals surface area contributed by atoms with Crippen LogP contribution in [0.15, 0.2) is 11.5 Å². The van der Waals surface area contributed by atoms with Gasteiger partial charge in [-0.1, -0.05) is 6.92 Å². The second-order valence-electron chi connectivity index (χ2n) is 2.12. The number of aromatic nitrogens is 1. The molecule has 1 N–H and O–H groups in total. The summed E-state index contributed by atoms with van der Waals surface area (Å²) in [5.74, 6) is 1.11. The van der Waals surface area contributed by atoms with Gasteiger partial charge in [0.2, 0.25) is 0 Å². The van der Waals surface area contributed by atoms with Crippen LogP contribution < -0.4 is 5.32 Å². The van der Waals surface area contributed by atoms with Gasteiger partial charge in [0.15, 0.2) is 0 Å². The van der Waals surface area contributed by atoms with Crippen molar-refractivity contribution in [3.8, 4) is 0 Å². The maximum absolute atomic E-state index is 4.24. The molecule has 0 amide bonds. The molecule has 0 aromatic carbocycles. The van der Waals surface area contributed by atoms with E-state index in [1.165, 1.54) is 11.5 Å². The average molecular weight is 200 g/mol. The molecule has 4 heteroatoms. The Kier molecular flexibility index (Phi) is 4.18. The van der Waals surface area contributed by atoms with Crippen LogP contribution in [-0.4, -0.2) is 17.2 Å². The van der Waals surface area contributed by atoms with Crippen molar-refractivity contribution in [2.75, 3.05) is 18.1 Å². The maximum Gasteiger partial charge on any atom is 0.109 e. The molecule has 0 aliphatic carbocycles. The van der Waals surface area contributed by atoms with E-state index in [0.29, 0.717) is 0 Å². The predicted molar refractivity (Wildman–Crippen MR) is 58.8 cm³/mol. The van der Waals surface area contributed by atoms with Crippen LogP contribution in [0.25, 0.3) is 6.08 Å². The molecular weight excluding hydrogens is 188 g/mol. The summed E-state index contributed by atoms with van der Waals surface area (Å²) >= 11 is 3.27. The predicted octanol–water partition coefficient (Wildman–Crippen LogP) is 2.91.